The van der Waals surface area contributed by atoms with Crippen molar-refractivity contribution in [1.82, 2.24) is 20.2 Å². The van der Waals surface area contributed by atoms with Gasteiger partial charge in [0.05, 0.1) is 24.6 Å². The van der Waals surface area contributed by atoms with Crippen LogP contribution in [0.4, 0.5) is 20.3 Å². The van der Waals surface area contributed by atoms with Crippen LogP contribution in [0.2, 0.25) is 0 Å². The van der Waals surface area contributed by atoms with Crippen molar-refractivity contribution in [3.8, 4) is 0 Å². The first-order valence-electron chi connectivity index (χ1n) is 12.7. The molecule has 1 aliphatic carbocycles. The van der Waals surface area contributed by atoms with Gasteiger partial charge in [-0.2, -0.15) is 0 Å². The Balaban J connectivity index is 1.68. The molecule has 0 amide bonds. The molecule has 0 unspecified atom stereocenters. The van der Waals surface area contributed by atoms with Crippen LogP contribution in [-0.2, 0) is 0 Å². The van der Waals surface area contributed by atoms with Crippen LogP contribution in [0.25, 0.3) is 0 Å². The Labute approximate surface area is 222 Å². The Hall–Kier alpha value is -3.92. The number of hydrogen-bond acceptors (Lipinski definition) is 7. The second-order valence-electron chi connectivity index (χ2n) is 9.50. The number of aliphatic imine (C=N–C) groups is 2. The minimum atomic E-state index is -0.811. The number of nitrogens with zero attached hydrogens (tertiary/aromatic N) is 5. The normalized spacial score (nSPS) is 17.0. The minimum Gasteiger partial charge on any atom is -0.405 e. The standard InChI is InChI=1S/C28H34F2N8/c1-18(37-27-24(30)13-21(29)15-35-27)12-19(6-9-31)14-36-28(38(3)22-7-10-33-11-8-22)26-23(20-4-5-20)16-34-17-25(26)32-2/h6,9,12-13,15-17,20,22,33H,1-2,4-5,7-8,10-11,14,31H2,3H3,(H,35,37)/b9-6-,19-12+,36-28+. The summed E-state index contributed by atoms with van der Waals surface area (Å²) >= 11 is 0. The van der Waals surface area contributed by atoms with Crippen molar-refractivity contribution in [2.45, 2.75) is 37.6 Å². The van der Waals surface area contributed by atoms with Gasteiger partial charge < -0.3 is 21.3 Å². The van der Waals surface area contributed by atoms with Crippen molar-refractivity contribution < 1.29 is 8.78 Å². The van der Waals surface area contributed by atoms with E-state index in [0.717, 1.165) is 73.6 Å². The molecular weight excluding hydrogens is 486 g/mol. The second-order valence-corrected chi connectivity index (χ2v) is 9.50. The number of nitrogens with one attached hydrogen (secondary N) is 2. The van der Waals surface area contributed by atoms with Crippen LogP contribution in [0, 0.1) is 11.6 Å². The molecule has 0 radical (unpaired) electrons. The highest BCUT2D eigenvalue weighted by Gasteiger charge is 2.32. The van der Waals surface area contributed by atoms with Gasteiger partial charge in [0, 0.05) is 36.6 Å². The van der Waals surface area contributed by atoms with Gasteiger partial charge in [0.1, 0.15) is 11.7 Å². The molecule has 4 rings (SSSR count). The number of anilines is 1. The van der Waals surface area contributed by atoms with E-state index in [1.807, 2.05) is 6.20 Å². The molecule has 0 bridgehead atoms. The molecule has 1 saturated carbocycles. The quantitative estimate of drug-likeness (QED) is 0.243. The number of rotatable bonds is 10. The number of pyridine rings is 2. The predicted molar refractivity (Wildman–Crippen MR) is 149 cm³/mol. The van der Waals surface area contributed by atoms with Gasteiger partial charge in [0.2, 0.25) is 0 Å². The zero-order chi connectivity index (χ0) is 27.1. The average molecular weight is 521 g/mol. The smallest absolute Gasteiger partial charge is 0.168 e. The molecule has 10 heteroatoms. The number of amidine groups is 1. The maximum atomic E-state index is 14.1. The third-order valence-electron chi connectivity index (χ3n) is 6.72. The van der Waals surface area contributed by atoms with Crippen molar-refractivity contribution in [3.05, 3.63) is 83.6 Å². The molecule has 2 fully saturated rings. The topological polar surface area (TPSA) is 104 Å². The lowest BCUT2D eigenvalue weighted by molar-refractivity contribution is 0.289. The summed E-state index contributed by atoms with van der Waals surface area (Å²) in [6.45, 7) is 9.90. The first-order chi connectivity index (χ1) is 18.4. The molecule has 3 heterocycles. The summed E-state index contributed by atoms with van der Waals surface area (Å²) in [5, 5.41) is 6.19. The fourth-order valence-corrected chi connectivity index (χ4v) is 4.62. The van der Waals surface area contributed by atoms with E-state index in [1.165, 1.54) is 6.20 Å². The van der Waals surface area contributed by atoms with Gasteiger partial charge in [-0.05, 0) is 80.9 Å². The monoisotopic (exact) mass is 520 g/mol. The first-order valence-corrected chi connectivity index (χ1v) is 12.7. The third-order valence-corrected chi connectivity index (χ3v) is 6.72. The fraction of sp³-hybridized carbons (Fsp3) is 0.357. The van der Waals surface area contributed by atoms with Crippen molar-refractivity contribution in [2.24, 2.45) is 15.7 Å². The average Bonchev–Trinajstić information content (AvgIpc) is 3.76. The summed E-state index contributed by atoms with van der Waals surface area (Å²) < 4.78 is 27.3. The van der Waals surface area contributed by atoms with Gasteiger partial charge >= 0.3 is 0 Å². The molecule has 200 valence electrons. The van der Waals surface area contributed by atoms with Crippen molar-refractivity contribution in [2.75, 3.05) is 32.0 Å². The van der Waals surface area contributed by atoms with Gasteiger partial charge in [0.25, 0.3) is 0 Å². The fourth-order valence-electron chi connectivity index (χ4n) is 4.62. The van der Waals surface area contributed by atoms with Crippen molar-refractivity contribution >= 4 is 24.1 Å². The Morgan fingerprint density at radius 1 is 1.24 bits per heavy atom. The molecule has 38 heavy (non-hydrogen) atoms. The molecule has 8 nitrogen and oxygen atoms in total. The molecule has 4 N–H and O–H groups in total. The maximum Gasteiger partial charge on any atom is 0.168 e. The summed E-state index contributed by atoms with van der Waals surface area (Å²) in [7, 11) is 2.07. The number of halogens is 2. The van der Waals surface area contributed by atoms with E-state index in [2.05, 4.69) is 50.8 Å². The Morgan fingerprint density at radius 2 is 2.00 bits per heavy atom. The molecule has 1 aliphatic heterocycles. The molecule has 2 aliphatic rings. The van der Waals surface area contributed by atoms with Crippen LogP contribution in [0.3, 0.4) is 0 Å². The van der Waals surface area contributed by atoms with Crippen LogP contribution in [-0.4, -0.2) is 60.1 Å². The van der Waals surface area contributed by atoms with Gasteiger partial charge in [-0.25, -0.2) is 13.8 Å². The molecule has 2 aromatic rings. The predicted octanol–water partition coefficient (Wildman–Crippen LogP) is 4.42. The van der Waals surface area contributed by atoms with Gasteiger partial charge in [-0.3, -0.25) is 15.0 Å². The van der Waals surface area contributed by atoms with Crippen LogP contribution in [0.1, 0.15) is 42.7 Å². The van der Waals surface area contributed by atoms with E-state index in [1.54, 1.807) is 18.3 Å². The van der Waals surface area contributed by atoms with E-state index >= 15 is 0 Å². The molecule has 1 saturated heterocycles. The van der Waals surface area contributed by atoms with E-state index in [-0.39, 0.29) is 12.4 Å². The Morgan fingerprint density at radius 3 is 2.66 bits per heavy atom. The summed E-state index contributed by atoms with van der Waals surface area (Å²) in [6, 6.07) is 1.08. The molecule has 0 spiro atoms. The Kier molecular flexibility index (Phi) is 8.96. The summed E-state index contributed by atoms with van der Waals surface area (Å²) in [5.74, 6) is -0.424. The summed E-state index contributed by atoms with van der Waals surface area (Å²) in [4.78, 5) is 19.8. The van der Waals surface area contributed by atoms with Crippen molar-refractivity contribution in [1.29, 1.82) is 0 Å². The lowest BCUT2D eigenvalue weighted by atomic mass is 9.99. The molecule has 2 aromatic heterocycles. The minimum absolute atomic E-state index is 0.119. The van der Waals surface area contributed by atoms with Crippen molar-refractivity contribution in [3.63, 3.8) is 0 Å². The zero-order valence-corrected chi connectivity index (χ0v) is 21.6. The van der Waals surface area contributed by atoms with E-state index in [0.29, 0.717) is 23.3 Å². The van der Waals surface area contributed by atoms with Crippen LogP contribution >= 0.6 is 0 Å². The number of hydrogen-bond donors (Lipinski definition) is 3. The lowest BCUT2D eigenvalue weighted by Crippen LogP contribution is -2.44. The van der Waals surface area contributed by atoms with E-state index < -0.39 is 11.6 Å². The number of nitrogens with two attached hydrogens (primary N) is 1. The summed E-state index contributed by atoms with van der Waals surface area (Å²) in [6.07, 6.45) is 13.6. The highest BCUT2D eigenvalue weighted by molar-refractivity contribution is 6.04. The SMILES string of the molecule is C=Nc1cncc(C2CC2)c1/C(=N\CC(/C=C\N)=C/C(=C)Nc1ncc(F)cc1F)N(C)C1CCNCC1. The molecule has 0 aromatic carbocycles. The maximum absolute atomic E-state index is 14.1. The number of allylic oxidation sites excluding steroid dienone is 1. The van der Waals surface area contributed by atoms with E-state index in [4.69, 9.17) is 10.7 Å². The van der Waals surface area contributed by atoms with Crippen LogP contribution in [0.5, 0.6) is 0 Å². The van der Waals surface area contributed by atoms with Crippen LogP contribution < -0.4 is 16.4 Å². The highest BCUT2D eigenvalue weighted by Crippen LogP contribution is 2.43. The second kappa shape index (κ2) is 12.6. The van der Waals surface area contributed by atoms with Gasteiger partial charge in [0.15, 0.2) is 11.6 Å². The van der Waals surface area contributed by atoms with Gasteiger partial charge in [-0.15, -0.1) is 0 Å². The first kappa shape index (κ1) is 27.1. The Bertz CT molecular complexity index is 1260. The third kappa shape index (κ3) is 6.69. The molecule has 0 atom stereocenters. The largest absolute Gasteiger partial charge is 0.405 e. The van der Waals surface area contributed by atoms with E-state index in [9.17, 15) is 8.78 Å². The molecular formula is C28H34F2N8. The van der Waals surface area contributed by atoms with Gasteiger partial charge in [-0.1, -0.05) is 6.58 Å². The highest BCUT2D eigenvalue weighted by atomic mass is 19.1. The lowest BCUT2D eigenvalue weighted by Gasteiger charge is -2.35. The number of aromatic nitrogens is 2. The van der Waals surface area contributed by atoms with Crippen LogP contribution in [0.15, 0.2) is 70.8 Å². The summed E-state index contributed by atoms with van der Waals surface area (Å²) in [5.41, 5.74) is 9.63. The number of piperidine rings is 1. The zero-order valence-electron chi connectivity index (χ0n) is 21.6.